The first-order valence-corrected chi connectivity index (χ1v) is 9.86. The standard InChI is InChI=1S/C15H21BrO2S/c16-10-15(14-8-2-1-3-9-14)12-19(17,18)11-13-6-4-5-7-13/h1-3,8-9,13,15H,4-7,10-12H2. The molecule has 0 spiro atoms. The molecule has 1 aromatic carbocycles. The molecule has 0 amide bonds. The van der Waals surface area contributed by atoms with Crippen LogP contribution < -0.4 is 0 Å². The van der Waals surface area contributed by atoms with Gasteiger partial charge in [0.05, 0.1) is 11.5 Å². The maximum atomic E-state index is 12.3. The minimum atomic E-state index is -2.95. The molecule has 2 nitrogen and oxygen atoms in total. The van der Waals surface area contributed by atoms with E-state index < -0.39 is 9.84 Å². The maximum absolute atomic E-state index is 12.3. The van der Waals surface area contributed by atoms with E-state index in [0.29, 0.717) is 17.0 Å². The van der Waals surface area contributed by atoms with Crippen molar-refractivity contribution in [1.82, 2.24) is 0 Å². The summed E-state index contributed by atoms with van der Waals surface area (Å²) in [6.07, 6.45) is 4.56. The Balaban J connectivity index is 2.00. The van der Waals surface area contributed by atoms with E-state index in [0.717, 1.165) is 18.4 Å². The first-order chi connectivity index (χ1) is 9.11. The number of hydrogen-bond acceptors (Lipinski definition) is 2. The molecular formula is C15H21BrO2S. The molecule has 1 unspecified atom stereocenters. The summed E-state index contributed by atoms with van der Waals surface area (Å²) in [5, 5.41) is 0.695. The summed E-state index contributed by atoms with van der Waals surface area (Å²) in [6, 6.07) is 9.92. The van der Waals surface area contributed by atoms with Crippen molar-refractivity contribution in [2.45, 2.75) is 31.6 Å². The van der Waals surface area contributed by atoms with Crippen molar-refractivity contribution in [2.24, 2.45) is 5.92 Å². The lowest BCUT2D eigenvalue weighted by atomic mass is 10.0. The van der Waals surface area contributed by atoms with Gasteiger partial charge in [-0.25, -0.2) is 8.42 Å². The fourth-order valence-corrected chi connectivity index (χ4v) is 5.88. The van der Waals surface area contributed by atoms with E-state index in [1.165, 1.54) is 12.8 Å². The van der Waals surface area contributed by atoms with Crippen LogP contribution in [0.3, 0.4) is 0 Å². The molecule has 4 heteroatoms. The quantitative estimate of drug-likeness (QED) is 0.736. The Morgan fingerprint density at radius 3 is 2.37 bits per heavy atom. The summed E-state index contributed by atoms with van der Waals surface area (Å²) in [4.78, 5) is 0. The SMILES string of the molecule is O=S(=O)(CC1CCCC1)CC(CBr)c1ccccc1. The van der Waals surface area contributed by atoms with E-state index in [2.05, 4.69) is 15.9 Å². The zero-order valence-corrected chi connectivity index (χ0v) is 13.5. The molecule has 2 rings (SSSR count). The van der Waals surface area contributed by atoms with E-state index >= 15 is 0 Å². The van der Waals surface area contributed by atoms with Crippen LogP contribution in [0.25, 0.3) is 0 Å². The molecule has 0 N–H and O–H groups in total. The predicted octanol–water partition coefficient (Wildman–Crippen LogP) is 3.77. The second-order valence-corrected chi connectivity index (χ2v) is 8.29. The van der Waals surface area contributed by atoms with Crippen LogP contribution in [0.1, 0.15) is 37.2 Å². The van der Waals surface area contributed by atoms with Crippen LogP contribution in [0, 0.1) is 5.92 Å². The lowest BCUT2D eigenvalue weighted by Gasteiger charge is -2.16. The molecule has 19 heavy (non-hydrogen) atoms. The smallest absolute Gasteiger partial charge is 0.151 e. The van der Waals surface area contributed by atoms with E-state index in [9.17, 15) is 8.42 Å². The summed E-state index contributed by atoms with van der Waals surface area (Å²) >= 11 is 3.45. The summed E-state index contributed by atoms with van der Waals surface area (Å²) in [7, 11) is -2.95. The highest BCUT2D eigenvalue weighted by Crippen LogP contribution is 2.28. The van der Waals surface area contributed by atoms with E-state index in [-0.39, 0.29) is 11.7 Å². The molecule has 1 aliphatic rings. The third kappa shape index (κ3) is 4.60. The van der Waals surface area contributed by atoms with Gasteiger partial charge in [-0.3, -0.25) is 0 Å². The van der Waals surface area contributed by atoms with Crippen LogP contribution in [0.2, 0.25) is 0 Å². The normalized spacial score (nSPS) is 18.6. The lowest BCUT2D eigenvalue weighted by Crippen LogP contribution is -2.22. The molecule has 0 aliphatic heterocycles. The van der Waals surface area contributed by atoms with Crippen molar-refractivity contribution in [3.63, 3.8) is 0 Å². The molecule has 0 aromatic heterocycles. The van der Waals surface area contributed by atoms with Crippen LogP contribution in [-0.4, -0.2) is 25.3 Å². The highest BCUT2D eigenvalue weighted by Gasteiger charge is 2.25. The van der Waals surface area contributed by atoms with Crippen LogP contribution in [-0.2, 0) is 9.84 Å². The van der Waals surface area contributed by atoms with E-state index in [1.54, 1.807) is 0 Å². The fourth-order valence-electron chi connectivity index (χ4n) is 2.87. The molecule has 0 radical (unpaired) electrons. The molecule has 0 heterocycles. The molecule has 1 atom stereocenters. The molecule has 0 saturated heterocycles. The van der Waals surface area contributed by atoms with E-state index in [1.807, 2.05) is 30.3 Å². The molecule has 1 fully saturated rings. The Labute approximate surface area is 124 Å². The second kappa shape index (κ2) is 6.89. The third-order valence-electron chi connectivity index (χ3n) is 3.88. The average molecular weight is 345 g/mol. The van der Waals surface area contributed by atoms with Gasteiger partial charge in [0.25, 0.3) is 0 Å². The Hall–Kier alpha value is -0.350. The maximum Gasteiger partial charge on any atom is 0.151 e. The first-order valence-electron chi connectivity index (χ1n) is 6.92. The van der Waals surface area contributed by atoms with Gasteiger partial charge < -0.3 is 0 Å². The number of benzene rings is 1. The largest absolute Gasteiger partial charge is 0.229 e. The van der Waals surface area contributed by atoms with Crippen LogP contribution >= 0.6 is 15.9 Å². The number of halogens is 1. The molecule has 0 bridgehead atoms. The average Bonchev–Trinajstić information content (AvgIpc) is 2.89. The number of sulfone groups is 1. The van der Waals surface area contributed by atoms with Gasteiger partial charge in [0.2, 0.25) is 0 Å². The van der Waals surface area contributed by atoms with Gasteiger partial charge in [0.1, 0.15) is 0 Å². The van der Waals surface area contributed by atoms with Crippen molar-refractivity contribution in [2.75, 3.05) is 16.8 Å². The second-order valence-electron chi connectivity index (χ2n) is 5.49. The van der Waals surface area contributed by atoms with Crippen molar-refractivity contribution >= 4 is 25.8 Å². The zero-order chi connectivity index (χ0) is 13.7. The van der Waals surface area contributed by atoms with Crippen molar-refractivity contribution in [1.29, 1.82) is 0 Å². The summed E-state index contributed by atoms with van der Waals surface area (Å²) < 4.78 is 24.6. The topological polar surface area (TPSA) is 34.1 Å². The van der Waals surface area contributed by atoms with Gasteiger partial charge in [-0.2, -0.15) is 0 Å². The molecular weight excluding hydrogens is 324 g/mol. The summed E-state index contributed by atoms with van der Waals surface area (Å²) in [6.45, 7) is 0. The Morgan fingerprint density at radius 2 is 1.79 bits per heavy atom. The Morgan fingerprint density at radius 1 is 1.16 bits per heavy atom. The van der Waals surface area contributed by atoms with Crippen LogP contribution in [0.5, 0.6) is 0 Å². The van der Waals surface area contributed by atoms with Crippen molar-refractivity contribution in [3.8, 4) is 0 Å². The molecule has 106 valence electrons. The predicted molar refractivity (Wildman–Crippen MR) is 83.6 cm³/mol. The third-order valence-corrected chi connectivity index (χ3v) is 6.55. The summed E-state index contributed by atoms with van der Waals surface area (Å²) in [5.41, 5.74) is 1.11. The monoisotopic (exact) mass is 344 g/mol. The Bertz CT molecular complexity index is 478. The minimum Gasteiger partial charge on any atom is -0.229 e. The van der Waals surface area contributed by atoms with Gasteiger partial charge in [-0.15, -0.1) is 0 Å². The first kappa shape index (κ1) is 15.0. The van der Waals surface area contributed by atoms with Crippen molar-refractivity contribution in [3.05, 3.63) is 35.9 Å². The lowest BCUT2D eigenvalue weighted by molar-refractivity contribution is 0.555. The Kier molecular flexibility index (Phi) is 5.46. The number of alkyl halides is 1. The van der Waals surface area contributed by atoms with Gasteiger partial charge in [0, 0.05) is 11.2 Å². The molecule has 1 aliphatic carbocycles. The van der Waals surface area contributed by atoms with Gasteiger partial charge in [-0.05, 0) is 24.3 Å². The van der Waals surface area contributed by atoms with Crippen LogP contribution in [0.4, 0.5) is 0 Å². The highest BCUT2D eigenvalue weighted by atomic mass is 79.9. The van der Waals surface area contributed by atoms with Gasteiger partial charge in [-0.1, -0.05) is 59.1 Å². The highest BCUT2D eigenvalue weighted by molar-refractivity contribution is 9.09. The van der Waals surface area contributed by atoms with Crippen LogP contribution in [0.15, 0.2) is 30.3 Å². The minimum absolute atomic E-state index is 0.0626. The fraction of sp³-hybridized carbons (Fsp3) is 0.600. The zero-order valence-electron chi connectivity index (χ0n) is 11.1. The summed E-state index contributed by atoms with van der Waals surface area (Å²) in [5.74, 6) is 1.10. The van der Waals surface area contributed by atoms with Crippen molar-refractivity contribution < 1.29 is 8.42 Å². The molecule has 1 saturated carbocycles. The number of hydrogen-bond donors (Lipinski definition) is 0. The molecule has 1 aromatic rings. The van der Waals surface area contributed by atoms with Gasteiger partial charge >= 0.3 is 0 Å². The van der Waals surface area contributed by atoms with E-state index in [4.69, 9.17) is 0 Å². The number of rotatable bonds is 6. The van der Waals surface area contributed by atoms with Gasteiger partial charge in [0.15, 0.2) is 9.84 Å².